The van der Waals surface area contributed by atoms with Gasteiger partial charge in [-0.05, 0) is 32.1 Å². The molecule has 0 aromatic heterocycles. The van der Waals surface area contributed by atoms with Crippen LogP contribution in [0.1, 0.15) is 60.3 Å². The van der Waals surface area contributed by atoms with Crippen LogP contribution in [0.4, 0.5) is 0 Å². The first-order valence-electron chi connectivity index (χ1n) is 8.98. The zero-order valence-electron chi connectivity index (χ0n) is 15.9. The van der Waals surface area contributed by atoms with Crippen molar-refractivity contribution in [1.82, 2.24) is 0 Å². The van der Waals surface area contributed by atoms with Crippen molar-refractivity contribution in [2.45, 2.75) is 77.8 Å². The molecule has 0 aromatic carbocycles. The first kappa shape index (κ1) is 18.9. The zero-order chi connectivity index (χ0) is 19.5. The van der Waals surface area contributed by atoms with Crippen LogP contribution >= 0.6 is 0 Å². The lowest BCUT2D eigenvalue weighted by atomic mass is 9.50. The molecular formula is C19H26O7. The Morgan fingerprint density at radius 2 is 1.88 bits per heavy atom. The molecule has 0 amide bonds. The molecule has 1 aliphatic heterocycles. The summed E-state index contributed by atoms with van der Waals surface area (Å²) in [6.07, 6.45) is 0.701. The molecule has 3 rings (SSSR count). The van der Waals surface area contributed by atoms with Gasteiger partial charge in [-0.25, -0.2) is 4.79 Å². The molecular weight excluding hydrogens is 340 g/mol. The lowest BCUT2D eigenvalue weighted by Crippen LogP contribution is -2.68. The quantitative estimate of drug-likeness (QED) is 0.746. The molecule has 7 heteroatoms. The van der Waals surface area contributed by atoms with Gasteiger partial charge in [0.1, 0.15) is 11.7 Å². The Kier molecular flexibility index (Phi) is 4.22. The number of ether oxygens (including phenoxy) is 3. The monoisotopic (exact) mass is 366 g/mol. The van der Waals surface area contributed by atoms with E-state index in [-0.39, 0.29) is 12.3 Å². The lowest BCUT2D eigenvalue weighted by Gasteiger charge is -2.60. The second-order valence-electron chi connectivity index (χ2n) is 8.11. The Balaban J connectivity index is 2.13. The van der Waals surface area contributed by atoms with Crippen LogP contribution in [0, 0.1) is 11.3 Å². The first-order chi connectivity index (χ1) is 11.9. The fourth-order valence-corrected chi connectivity index (χ4v) is 4.93. The average molecular weight is 366 g/mol. The highest BCUT2D eigenvalue weighted by Gasteiger charge is 2.69. The number of carbonyl (C=O) groups excluding carboxylic acids is 3. The number of esters is 3. The summed E-state index contributed by atoms with van der Waals surface area (Å²) in [6, 6.07) is 0. The molecule has 0 unspecified atom stereocenters. The zero-order valence-corrected chi connectivity index (χ0v) is 15.9. The summed E-state index contributed by atoms with van der Waals surface area (Å²) in [7, 11) is 0. The van der Waals surface area contributed by atoms with E-state index in [1.807, 2.05) is 13.8 Å². The Morgan fingerprint density at radius 3 is 2.46 bits per heavy atom. The molecule has 2 aliphatic carbocycles. The molecule has 0 aromatic rings. The summed E-state index contributed by atoms with van der Waals surface area (Å²) in [5.74, 6) is -3.15. The number of fused-ring (bicyclic) bond motifs is 2. The van der Waals surface area contributed by atoms with Gasteiger partial charge in [0.2, 0.25) is 0 Å². The van der Waals surface area contributed by atoms with E-state index in [1.165, 1.54) is 13.8 Å². The molecule has 2 saturated carbocycles. The number of carbonyl (C=O) groups is 3. The van der Waals surface area contributed by atoms with Gasteiger partial charge in [-0.2, -0.15) is 0 Å². The van der Waals surface area contributed by atoms with Crippen molar-refractivity contribution >= 4 is 17.9 Å². The summed E-state index contributed by atoms with van der Waals surface area (Å²) in [4.78, 5) is 35.6. The van der Waals surface area contributed by atoms with E-state index in [0.717, 1.165) is 6.42 Å². The smallest absolute Gasteiger partial charge is 0.337 e. The van der Waals surface area contributed by atoms with E-state index in [4.69, 9.17) is 14.2 Å². The highest BCUT2D eigenvalue weighted by atomic mass is 16.7. The molecule has 1 N–H and O–H groups in total. The largest absolute Gasteiger partial charge is 0.459 e. The van der Waals surface area contributed by atoms with E-state index < -0.39 is 40.8 Å². The van der Waals surface area contributed by atoms with Gasteiger partial charge in [0.15, 0.2) is 0 Å². The molecule has 144 valence electrons. The highest BCUT2D eigenvalue weighted by molar-refractivity contribution is 5.92. The molecule has 0 bridgehead atoms. The van der Waals surface area contributed by atoms with Crippen molar-refractivity contribution in [3.8, 4) is 0 Å². The molecule has 3 aliphatic rings. The van der Waals surface area contributed by atoms with Gasteiger partial charge in [0, 0.05) is 30.4 Å². The van der Waals surface area contributed by atoms with Crippen LogP contribution in [0.15, 0.2) is 11.1 Å². The van der Waals surface area contributed by atoms with E-state index >= 15 is 0 Å². The molecule has 0 saturated heterocycles. The van der Waals surface area contributed by atoms with Gasteiger partial charge in [-0.1, -0.05) is 13.8 Å². The van der Waals surface area contributed by atoms with Gasteiger partial charge in [-0.15, -0.1) is 0 Å². The topological polar surface area (TPSA) is 99.1 Å². The van der Waals surface area contributed by atoms with E-state index in [9.17, 15) is 19.5 Å². The van der Waals surface area contributed by atoms with Crippen LogP contribution in [-0.4, -0.2) is 40.5 Å². The van der Waals surface area contributed by atoms with Crippen LogP contribution in [0.25, 0.3) is 0 Å². The molecule has 0 radical (unpaired) electrons. The van der Waals surface area contributed by atoms with Crippen LogP contribution in [-0.2, 0) is 28.6 Å². The Hall–Kier alpha value is -1.89. The summed E-state index contributed by atoms with van der Waals surface area (Å²) in [5, 5.41) is 11.7. The maximum atomic E-state index is 12.2. The second kappa shape index (κ2) is 5.81. The van der Waals surface area contributed by atoms with Crippen molar-refractivity contribution in [2.75, 3.05) is 0 Å². The Morgan fingerprint density at radius 1 is 1.23 bits per heavy atom. The Labute approximate surface area is 152 Å². The minimum atomic E-state index is -1.63. The van der Waals surface area contributed by atoms with Crippen LogP contribution in [0.3, 0.4) is 0 Å². The molecule has 5 atom stereocenters. The van der Waals surface area contributed by atoms with E-state index in [0.29, 0.717) is 24.0 Å². The number of rotatable bonds is 2. The van der Waals surface area contributed by atoms with Gasteiger partial charge in [-0.3, -0.25) is 9.59 Å². The lowest BCUT2D eigenvalue weighted by molar-refractivity contribution is -0.282. The van der Waals surface area contributed by atoms with E-state index in [1.54, 1.807) is 6.92 Å². The molecule has 0 spiro atoms. The van der Waals surface area contributed by atoms with Crippen molar-refractivity contribution in [1.29, 1.82) is 0 Å². The van der Waals surface area contributed by atoms with Gasteiger partial charge >= 0.3 is 17.9 Å². The minimum Gasteiger partial charge on any atom is -0.459 e. The van der Waals surface area contributed by atoms with Crippen molar-refractivity contribution < 1.29 is 33.7 Å². The predicted octanol–water partition coefficient (Wildman–Crippen LogP) is 2.01. The third-order valence-corrected chi connectivity index (χ3v) is 6.61. The van der Waals surface area contributed by atoms with Gasteiger partial charge in [0.25, 0.3) is 5.79 Å². The predicted molar refractivity (Wildman–Crippen MR) is 89.5 cm³/mol. The molecule has 26 heavy (non-hydrogen) atoms. The van der Waals surface area contributed by atoms with Crippen LogP contribution in [0.5, 0.6) is 0 Å². The molecule has 1 heterocycles. The summed E-state index contributed by atoms with van der Waals surface area (Å²) < 4.78 is 16.4. The van der Waals surface area contributed by atoms with Crippen LogP contribution < -0.4 is 0 Å². The second-order valence-corrected chi connectivity index (χ2v) is 8.11. The van der Waals surface area contributed by atoms with Gasteiger partial charge in [0.05, 0.1) is 6.42 Å². The fraction of sp³-hybridized carbons (Fsp3) is 0.737. The maximum Gasteiger partial charge on any atom is 0.337 e. The SMILES string of the molecule is CC(=O)O[C@@H]1CC[C@H](C)[C@@]2(C)CC3=C(C)C(=O)O[C@@]3(OC(C)=O)C[C@]12O. The standard InChI is InChI=1S/C19H26O7/c1-10-6-7-15(24-12(3)20)18(23)9-19(25-13(4)21)14(8-17(10,18)5)11(2)16(22)26-19/h10,15,23H,6-9H2,1-5H3/t10-,15+,17+,18-,19-/m0/s1. The average Bonchev–Trinajstić information content (AvgIpc) is 2.72. The van der Waals surface area contributed by atoms with Crippen LogP contribution in [0.2, 0.25) is 0 Å². The first-order valence-corrected chi connectivity index (χ1v) is 8.98. The summed E-state index contributed by atoms with van der Waals surface area (Å²) in [6.45, 7) is 8.16. The third-order valence-electron chi connectivity index (χ3n) is 6.61. The van der Waals surface area contributed by atoms with Crippen molar-refractivity contribution in [3.05, 3.63) is 11.1 Å². The van der Waals surface area contributed by atoms with Crippen molar-refractivity contribution in [3.63, 3.8) is 0 Å². The number of hydrogen-bond donors (Lipinski definition) is 1. The number of hydrogen-bond acceptors (Lipinski definition) is 7. The number of aliphatic hydroxyl groups is 1. The maximum absolute atomic E-state index is 12.2. The summed E-state index contributed by atoms with van der Waals surface area (Å²) >= 11 is 0. The molecule has 7 nitrogen and oxygen atoms in total. The van der Waals surface area contributed by atoms with E-state index in [2.05, 4.69) is 0 Å². The highest BCUT2D eigenvalue weighted by Crippen LogP contribution is 2.62. The molecule has 2 fully saturated rings. The minimum absolute atomic E-state index is 0.116. The Bertz CT molecular complexity index is 711. The third kappa shape index (κ3) is 2.47. The summed E-state index contributed by atoms with van der Waals surface area (Å²) in [5.41, 5.74) is -1.13. The van der Waals surface area contributed by atoms with Crippen molar-refractivity contribution in [2.24, 2.45) is 11.3 Å². The normalized spacial score (nSPS) is 41.8. The van der Waals surface area contributed by atoms with Gasteiger partial charge < -0.3 is 19.3 Å². The fourth-order valence-electron chi connectivity index (χ4n) is 4.93.